The molecule has 16 heavy (non-hydrogen) atoms. The van der Waals surface area contributed by atoms with Gasteiger partial charge in [-0.2, -0.15) is 0 Å². The van der Waals surface area contributed by atoms with Gasteiger partial charge in [-0.25, -0.2) is 4.57 Å². The topological polar surface area (TPSA) is 124 Å². The molecule has 0 saturated carbocycles. The first-order valence-electron chi connectivity index (χ1n) is 4.57. The number of fused-ring (bicyclic) bond motifs is 1. The number of phosphoric acid groups is 1. The highest BCUT2D eigenvalue weighted by molar-refractivity contribution is 7.45. The molecule has 2 rings (SSSR count). The molecular weight excluding hydrogens is 237 g/mol. The van der Waals surface area contributed by atoms with Gasteiger partial charge in [0.25, 0.3) is 0 Å². The summed E-state index contributed by atoms with van der Waals surface area (Å²) >= 11 is 0. The van der Waals surface area contributed by atoms with Crippen molar-refractivity contribution in [3.8, 4) is 0 Å². The van der Waals surface area contributed by atoms with E-state index in [1.165, 1.54) is 0 Å². The van der Waals surface area contributed by atoms with Gasteiger partial charge in [-0.15, -0.1) is 0 Å². The molecule has 2 amide bonds. The Kier molecular flexibility index (Phi) is 3.98. The number of allylic oxidation sites excluding steroid dienone is 2. The monoisotopic (exact) mass is 249 g/mol. The van der Waals surface area contributed by atoms with E-state index in [-0.39, 0.29) is 23.7 Å². The highest BCUT2D eigenvalue weighted by Crippen LogP contribution is 2.29. The molecule has 1 heterocycles. The van der Waals surface area contributed by atoms with Crippen LogP contribution in [0.25, 0.3) is 0 Å². The van der Waals surface area contributed by atoms with Gasteiger partial charge in [-0.05, 0) is 12.8 Å². The summed E-state index contributed by atoms with van der Waals surface area (Å²) in [5.41, 5.74) is 0. The SMILES string of the molecule is O=C1NC(=O)C2CC=CCC12.O=P(O)(O)O. The molecule has 2 atom stereocenters. The van der Waals surface area contributed by atoms with E-state index >= 15 is 0 Å². The molecule has 7 nitrogen and oxygen atoms in total. The summed E-state index contributed by atoms with van der Waals surface area (Å²) in [6.45, 7) is 0. The van der Waals surface area contributed by atoms with E-state index in [1.807, 2.05) is 12.2 Å². The zero-order valence-electron chi connectivity index (χ0n) is 8.24. The molecule has 0 aromatic carbocycles. The van der Waals surface area contributed by atoms with Gasteiger partial charge in [0.2, 0.25) is 11.8 Å². The average molecular weight is 249 g/mol. The minimum Gasteiger partial charge on any atom is -0.303 e. The zero-order valence-corrected chi connectivity index (χ0v) is 9.13. The maximum Gasteiger partial charge on any atom is 0.466 e. The summed E-state index contributed by atoms with van der Waals surface area (Å²) in [5.74, 6) is -0.339. The van der Waals surface area contributed by atoms with E-state index in [4.69, 9.17) is 19.2 Å². The maximum atomic E-state index is 11.1. The molecule has 1 aliphatic heterocycles. The maximum absolute atomic E-state index is 11.1. The number of nitrogens with one attached hydrogen (secondary N) is 1. The molecule has 0 aromatic rings. The van der Waals surface area contributed by atoms with Crippen molar-refractivity contribution in [3.63, 3.8) is 0 Å². The first-order valence-corrected chi connectivity index (χ1v) is 6.13. The van der Waals surface area contributed by atoms with Crippen molar-refractivity contribution >= 4 is 19.6 Å². The molecule has 0 bridgehead atoms. The number of carbonyl (C=O) groups excluding carboxylic acids is 2. The van der Waals surface area contributed by atoms with Crippen LogP contribution in [-0.4, -0.2) is 26.5 Å². The van der Waals surface area contributed by atoms with Crippen LogP contribution in [0.15, 0.2) is 12.2 Å². The van der Waals surface area contributed by atoms with Gasteiger partial charge < -0.3 is 14.7 Å². The van der Waals surface area contributed by atoms with E-state index in [1.54, 1.807) is 0 Å². The van der Waals surface area contributed by atoms with Crippen molar-refractivity contribution in [2.45, 2.75) is 12.8 Å². The summed E-state index contributed by atoms with van der Waals surface area (Å²) in [6.07, 6.45) is 5.39. The molecule has 90 valence electrons. The molecule has 1 fully saturated rings. The van der Waals surface area contributed by atoms with Gasteiger partial charge in [-0.1, -0.05) is 12.2 Å². The van der Waals surface area contributed by atoms with Crippen molar-refractivity contribution in [3.05, 3.63) is 12.2 Å². The standard InChI is InChI=1S/C8H9NO2.H3O4P/c10-7-5-3-1-2-4-6(5)8(11)9-7;1-5(2,3)4/h1-2,5-6H,3-4H2,(H,9,10,11);(H3,1,2,3,4). The minimum absolute atomic E-state index is 0.0764. The highest BCUT2D eigenvalue weighted by atomic mass is 31.2. The van der Waals surface area contributed by atoms with Crippen LogP contribution in [0, 0.1) is 11.8 Å². The molecule has 0 spiro atoms. The number of hydrogen-bond acceptors (Lipinski definition) is 3. The lowest BCUT2D eigenvalue weighted by Crippen LogP contribution is -2.21. The van der Waals surface area contributed by atoms with Crippen LogP contribution < -0.4 is 5.32 Å². The fraction of sp³-hybridized carbons (Fsp3) is 0.500. The van der Waals surface area contributed by atoms with Gasteiger partial charge in [0.05, 0.1) is 11.8 Å². The first-order chi connectivity index (χ1) is 7.29. The van der Waals surface area contributed by atoms with Crippen molar-refractivity contribution in [1.82, 2.24) is 5.32 Å². The van der Waals surface area contributed by atoms with Crippen molar-refractivity contribution in [2.24, 2.45) is 11.8 Å². The molecule has 0 radical (unpaired) electrons. The third-order valence-corrected chi connectivity index (χ3v) is 2.35. The summed E-state index contributed by atoms with van der Waals surface area (Å²) < 4.78 is 8.88. The molecule has 1 aliphatic carbocycles. The lowest BCUT2D eigenvalue weighted by molar-refractivity contribution is -0.126. The van der Waals surface area contributed by atoms with Gasteiger partial charge in [-0.3, -0.25) is 14.9 Å². The molecule has 4 N–H and O–H groups in total. The molecule has 0 aromatic heterocycles. The molecule has 8 heteroatoms. The van der Waals surface area contributed by atoms with Crippen LogP contribution in [0.5, 0.6) is 0 Å². The van der Waals surface area contributed by atoms with Crippen molar-refractivity contribution in [1.29, 1.82) is 0 Å². The van der Waals surface area contributed by atoms with Gasteiger partial charge in [0.15, 0.2) is 0 Å². The zero-order chi connectivity index (χ0) is 12.3. The summed E-state index contributed by atoms with van der Waals surface area (Å²) in [4.78, 5) is 43.7. The second-order valence-electron chi connectivity index (χ2n) is 3.52. The Morgan fingerprint density at radius 1 is 1.06 bits per heavy atom. The van der Waals surface area contributed by atoms with Crippen LogP contribution in [0.4, 0.5) is 0 Å². The van der Waals surface area contributed by atoms with E-state index in [2.05, 4.69) is 5.32 Å². The predicted octanol–water partition coefficient (Wildman–Crippen LogP) is -0.703. The van der Waals surface area contributed by atoms with Crippen LogP contribution >= 0.6 is 7.82 Å². The van der Waals surface area contributed by atoms with Crippen LogP contribution in [-0.2, 0) is 14.2 Å². The van der Waals surface area contributed by atoms with Crippen LogP contribution in [0.3, 0.4) is 0 Å². The Hall–Kier alpha value is -1.01. The third-order valence-electron chi connectivity index (χ3n) is 2.35. The van der Waals surface area contributed by atoms with Crippen molar-refractivity contribution in [2.75, 3.05) is 0 Å². The number of hydrogen-bond donors (Lipinski definition) is 4. The number of rotatable bonds is 0. The Bertz CT molecular complexity index is 340. The molecule has 2 aliphatic rings. The fourth-order valence-electron chi connectivity index (χ4n) is 1.70. The minimum atomic E-state index is -4.64. The number of amides is 2. The quantitative estimate of drug-likeness (QED) is 0.255. The van der Waals surface area contributed by atoms with Gasteiger partial charge in [0, 0.05) is 0 Å². The lowest BCUT2D eigenvalue weighted by atomic mass is 9.85. The van der Waals surface area contributed by atoms with Gasteiger partial charge in [0.1, 0.15) is 0 Å². The molecular formula is C8H12NO6P. The molecule has 2 unspecified atom stereocenters. The Balaban J connectivity index is 0.000000221. The third kappa shape index (κ3) is 3.86. The van der Waals surface area contributed by atoms with Crippen LogP contribution in [0.2, 0.25) is 0 Å². The smallest absolute Gasteiger partial charge is 0.303 e. The second kappa shape index (κ2) is 4.88. The first kappa shape index (κ1) is 13.1. The Labute approximate surface area is 91.4 Å². The Morgan fingerprint density at radius 3 is 1.69 bits per heavy atom. The molecule has 1 saturated heterocycles. The summed E-state index contributed by atoms with van der Waals surface area (Å²) in [5, 5.41) is 2.34. The Morgan fingerprint density at radius 2 is 1.38 bits per heavy atom. The van der Waals surface area contributed by atoms with E-state index < -0.39 is 7.82 Å². The lowest BCUT2D eigenvalue weighted by Gasteiger charge is -2.14. The highest BCUT2D eigenvalue weighted by Gasteiger charge is 2.40. The van der Waals surface area contributed by atoms with Gasteiger partial charge >= 0.3 is 7.82 Å². The largest absolute Gasteiger partial charge is 0.466 e. The summed E-state index contributed by atoms with van der Waals surface area (Å²) in [7, 11) is -4.64. The average Bonchev–Trinajstić information content (AvgIpc) is 2.41. The summed E-state index contributed by atoms with van der Waals surface area (Å²) in [6, 6.07) is 0. The van der Waals surface area contributed by atoms with E-state index in [9.17, 15) is 9.59 Å². The number of carbonyl (C=O) groups is 2. The van der Waals surface area contributed by atoms with E-state index in [0.29, 0.717) is 0 Å². The second-order valence-corrected chi connectivity index (χ2v) is 4.55. The fourth-order valence-corrected chi connectivity index (χ4v) is 1.70. The number of imide groups is 1. The van der Waals surface area contributed by atoms with E-state index in [0.717, 1.165) is 12.8 Å². The van der Waals surface area contributed by atoms with Crippen LogP contribution in [0.1, 0.15) is 12.8 Å². The predicted molar refractivity (Wildman–Crippen MR) is 52.8 cm³/mol. The van der Waals surface area contributed by atoms with Crippen molar-refractivity contribution < 1.29 is 28.8 Å². The normalized spacial score (nSPS) is 27.9.